The van der Waals surface area contributed by atoms with E-state index < -0.39 is 35.4 Å². The summed E-state index contributed by atoms with van der Waals surface area (Å²) in [4.78, 5) is 14.5. The van der Waals surface area contributed by atoms with Crippen LogP contribution in [0, 0.1) is 0 Å². The molecule has 0 radical (unpaired) electrons. The number of nitrogens with zero attached hydrogens (tertiary/aromatic N) is 1. The van der Waals surface area contributed by atoms with E-state index in [0.717, 1.165) is 29.2 Å². The highest BCUT2D eigenvalue weighted by Crippen LogP contribution is 2.39. The number of benzene rings is 3. The fraction of sp³-hybridized carbons (Fsp3) is 0.160. The first-order valence-corrected chi connectivity index (χ1v) is 10.3. The Bertz CT molecular complexity index is 1270. The van der Waals surface area contributed by atoms with Crippen LogP contribution in [0.5, 0.6) is 5.75 Å². The van der Waals surface area contributed by atoms with Crippen LogP contribution in [-0.4, -0.2) is 13.0 Å². The van der Waals surface area contributed by atoms with Gasteiger partial charge in [0, 0.05) is 11.4 Å². The summed E-state index contributed by atoms with van der Waals surface area (Å²) in [5.41, 5.74) is -1.34. The molecule has 0 saturated carbocycles. The van der Waals surface area contributed by atoms with E-state index in [4.69, 9.17) is 4.74 Å². The van der Waals surface area contributed by atoms with Crippen LogP contribution in [0.25, 0.3) is 0 Å². The average molecular weight is 492 g/mol. The maximum absolute atomic E-state index is 13.3. The Balaban J connectivity index is 1.74. The summed E-state index contributed by atoms with van der Waals surface area (Å²) in [7, 11) is 1.47. The Morgan fingerprint density at radius 1 is 0.829 bits per heavy atom. The van der Waals surface area contributed by atoms with Crippen molar-refractivity contribution in [3.05, 3.63) is 101 Å². The Labute approximate surface area is 196 Å². The molecular formula is C25H18F6N2O2. The largest absolute Gasteiger partial charge is 0.497 e. The lowest BCUT2D eigenvalue weighted by atomic mass is 10.1. The molecule has 35 heavy (non-hydrogen) atoms. The van der Waals surface area contributed by atoms with Gasteiger partial charge >= 0.3 is 12.4 Å². The number of carbonyl (C=O) groups is 1. The molecule has 182 valence electrons. The van der Waals surface area contributed by atoms with Crippen LogP contribution in [0.3, 0.4) is 0 Å². The summed E-state index contributed by atoms with van der Waals surface area (Å²) in [6, 6.07) is 14.4. The van der Waals surface area contributed by atoms with Gasteiger partial charge in [0.15, 0.2) is 0 Å². The summed E-state index contributed by atoms with van der Waals surface area (Å²) >= 11 is 0. The molecule has 4 nitrogen and oxygen atoms in total. The quantitative estimate of drug-likeness (QED) is 0.398. The summed E-state index contributed by atoms with van der Waals surface area (Å²) in [6.45, 7) is 0. The second-order valence-corrected chi connectivity index (χ2v) is 7.73. The van der Waals surface area contributed by atoms with Crippen LogP contribution in [0.2, 0.25) is 0 Å². The molecule has 0 spiro atoms. The van der Waals surface area contributed by atoms with Gasteiger partial charge in [0.05, 0.1) is 24.3 Å². The summed E-state index contributed by atoms with van der Waals surface area (Å²) in [6.07, 6.45) is -7.74. The lowest BCUT2D eigenvalue weighted by Crippen LogP contribution is -2.31. The third-order valence-electron chi connectivity index (χ3n) is 5.43. The zero-order chi connectivity index (χ0) is 25.4. The van der Waals surface area contributed by atoms with Crippen LogP contribution < -0.4 is 15.0 Å². The number of amides is 1. The molecule has 3 aromatic rings. The number of anilines is 2. The number of hydrogen-bond donors (Lipinski definition) is 1. The van der Waals surface area contributed by atoms with Gasteiger partial charge in [0.1, 0.15) is 11.4 Å². The van der Waals surface area contributed by atoms with Gasteiger partial charge in [0.2, 0.25) is 0 Å². The van der Waals surface area contributed by atoms with Crippen LogP contribution in [0.1, 0.15) is 22.7 Å². The summed E-state index contributed by atoms with van der Waals surface area (Å²) in [5, 5.41) is 2.69. The molecule has 3 aromatic carbocycles. The fourth-order valence-corrected chi connectivity index (χ4v) is 3.74. The molecule has 1 heterocycles. The zero-order valence-electron chi connectivity index (χ0n) is 18.1. The minimum atomic E-state index is -4.62. The van der Waals surface area contributed by atoms with Crippen LogP contribution in [0.4, 0.5) is 37.7 Å². The van der Waals surface area contributed by atoms with Crippen molar-refractivity contribution >= 4 is 17.3 Å². The van der Waals surface area contributed by atoms with E-state index in [1.807, 2.05) is 0 Å². The first kappa shape index (κ1) is 24.2. The SMILES string of the molecule is COc1ccc([C@@H]2C=C(Nc3cccc(C(F)(F)F)c3)C(=O)N2c2cccc(C(F)(F)F)c2)cc1. The van der Waals surface area contributed by atoms with E-state index >= 15 is 0 Å². The number of methoxy groups -OCH3 is 1. The number of halogens is 6. The van der Waals surface area contributed by atoms with Crippen molar-refractivity contribution in [2.45, 2.75) is 18.4 Å². The smallest absolute Gasteiger partial charge is 0.416 e. The molecule has 1 amide bonds. The van der Waals surface area contributed by atoms with Crippen LogP contribution in [0.15, 0.2) is 84.6 Å². The van der Waals surface area contributed by atoms with Gasteiger partial charge in [-0.05, 0) is 60.2 Å². The molecule has 1 N–H and O–H groups in total. The lowest BCUT2D eigenvalue weighted by molar-refractivity contribution is -0.138. The Morgan fingerprint density at radius 2 is 1.43 bits per heavy atom. The number of nitrogens with one attached hydrogen (secondary N) is 1. The van der Waals surface area contributed by atoms with Crippen molar-refractivity contribution in [3.63, 3.8) is 0 Å². The van der Waals surface area contributed by atoms with E-state index in [9.17, 15) is 31.1 Å². The van der Waals surface area contributed by atoms with Crippen LogP contribution in [-0.2, 0) is 17.1 Å². The Morgan fingerprint density at radius 3 is 2.03 bits per heavy atom. The fourth-order valence-electron chi connectivity index (χ4n) is 3.74. The summed E-state index contributed by atoms with van der Waals surface area (Å²) < 4.78 is 84.4. The minimum Gasteiger partial charge on any atom is -0.497 e. The summed E-state index contributed by atoms with van der Waals surface area (Å²) in [5.74, 6) is -0.155. The first-order valence-electron chi connectivity index (χ1n) is 10.3. The Hall–Kier alpha value is -3.95. The van der Waals surface area contributed by atoms with E-state index in [-0.39, 0.29) is 17.1 Å². The van der Waals surface area contributed by atoms with E-state index in [0.29, 0.717) is 11.3 Å². The second kappa shape index (κ2) is 9.01. The third-order valence-corrected chi connectivity index (χ3v) is 5.43. The topological polar surface area (TPSA) is 41.6 Å². The monoisotopic (exact) mass is 492 g/mol. The molecule has 10 heteroatoms. The van der Waals surface area contributed by atoms with Crippen molar-refractivity contribution in [1.29, 1.82) is 0 Å². The average Bonchev–Trinajstić information content (AvgIpc) is 3.14. The van der Waals surface area contributed by atoms with Gasteiger partial charge in [-0.1, -0.05) is 24.3 Å². The second-order valence-electron chi connectivity index (χ2n) is 7.73. The van der Waals surface area contributed by atoms with Gasteiger partial charge in [-0.2, -0.15) is 26.3 Å². The molecule has 1 atom stereocenters. The molecule has 0 unspecified atom stereocenters. The first-order chi connectivity index (χ1) is 16.5. The third kappa shape index (κ3) is 5.11. The Kier molecular flexibility index (Phi) is 6.23. The molecule has 1 aliphatic heterocycles. The van der Waals surface area contributed by atoms with Gasteiger partial charge in [-0.3, -0.25) is 9.69 Å². The molecule has 0 bridgehead atoms. The molecule has 4 rings (SSSR count). The standard InChI is InChI=1S/C25H18F6N2O2/c1-35-20-10-8-15(9-11-20)22-14-21(32-18-6-2-4-16(12-18)24(26,27)28)23(34)33(22)19-7-3-5-17(13-19)25(29,30)31/h2-14,22,32H,1H3/t22-/m0/s1. The van der Waals surface area contributed by atoms with Gasteiger partial charge in [0.25, 0.3) is 5.91 Å². The number of hydrogen-bond acceptors (Lipinski definition) is 3. The van der Waals surface area contributed by atoms with Crippen molar-refractivity contribution < 1.29 is 35.9 Å². The van der Waals surface area contributed by atoms with E-state index in [1.54, 1.807) is 24.3 Å². The highest BCUT2D eigenvalue weighted by molar-refractivity contribution is 6.11. The predicted octanol–water partition coefficient (Wildman–Crippen LogP) is 6.82. The van der Waals surface area contributed by atoms with E-state index in [1.165, 1.54) is 37.5 Å². The zero-order valence-corrected chi connectivity index (χ0v) is 18.1. The minimum absolute atomic E-state index is 0.0114. The molecular weight excluding hydrogens is 474 g/mol. The molecule has 1 aliphatic rings. The number of carbonyl (C=O) groups excluding carboxylic acids is 1. The maximum Gasteiger partial charge on any atom is 0.416 e. The van der Waals surface area contributed by atoms with E-state index in [2.05, 4.69) is 5.32 Å². The highest BCUT2D eigenvalue weighted by atomic mass is 19.4. The van der Waals surface area contributed by atoms with Crippen molar-refractivity contribution in [2.75, 3.05) is 17.3 Å². The van der Waals surface area contributed by atoms with Gasteiger partial charge < -0.3 is 10.1 Å². The highest BCUT2D eigenvalue weighted by Gasteiger charge is 2.37. The molecule has 0 aromatic heterocycles. The molecule has 0 fully saturated rings. The van der Waals surface area contributed by atoms with Crippen molar-refractivity contribution in [2.24, 2.45) is 0 Å². The predicted molar refractivity (Wildman–Crippen MR) is 118 cm³/mol. The van der Waals surface area contributed by atoms with Crippen LogP contribution >= 0.6 is 0 Å². The number of rotatable bonds is 5. The molecule has 0 saturated heterocycles. The van der Waals surface area contributed by atoms with Crippen molar-refractivity contribution in [1.82, 2.24) is 0 Å². The van der Waals surface area contributed by atoms with Gasteiger partial charge in [-0.15, -0.1) is 0 Å². The number of ether oxygens (including phenoxy) is 1. The maximum atomic E-state index is 13.3. The van der Waals surface area contributed by atoms with Gasteiger partial charge in [-0.25, -0.2) is 0 Å². The lowest BCUT2D eigenvalue weighted by Gasteiger charge is -2.26. The normalized spacial score (nSPS) is 16.3. The van der Waals surface area contributed by atoms with Crippen molar-refractivity contribution in [3.8, 4) is 5.75 Å². The number of alkyl halides is 6. The molecule has 0 aliphatic carbocycles.